The first kappa shape index (κ1) is 10.9. The molecule has 1 heterocycles. The van der Waals surface area contributed by atoms with E-state index in [4.69, 9.17) is 9.47 Å². The lowest BCUT2D eigenvalue weighted by Crippen LogP contribution is -2.19. The van der Waals surface area contributed by atoms with Gasteiger partial charge in [0.15, 0.2) is 0 Å². The highest BCUT2D eigenvalue weighted by Gasteiger charge is 2.23. The largest absolute Gasteiger partial charge is 0.490 e. The van der Waals surface area contributed by atoms with Gasteiger partial charge >= 0.3 is 0 Å². The Bertz CT molecular complexity index is 396. The number of ether oxygens (including phenoxy) is 2. The van der Waals surface area contributed by atoms with Crippen LogP contribution in [0.3, 0.4) is 0 Å². The molecule has 1 unspecified atom stereocenters. The van der Waals surface area contributed by atoms with E-state index in [0.29, 0.717) is 12.7 Å². The summed E-state index contributed by atoms with van der Waals surface area (Å²) in [6, 6.07) is 5.75. The number of fused-ring (bicyclic) bond motifs is 1. The van der Waals surface area contributed by atoms with E-state index in [0.717, 1.165) is 29.9 Å². The second kappa shape index (κ2) is 4.57. The minimum absolute atomic E-state index is 0.355. The quantitative estimate of drug-likeness (QED) is 0.855. The SMILES string of the molecule is OC1COc2cc(OC3CCCCC3)ccc21. The smallest absolute Gasteiger partial charge is 0.129 e. The summed E-state index contributed by atoms with van der Waals surface area (Å²) in [6.45, 7) is 0.363. The predicted molar refractivity (Wildman–Crippen MR) is 64.4 cm³/mol. The Kier molecular flexibility index (Phi) is 2.93. The first-order valence-corrected chi connectivity index (χ1v) is 6.44. The zero-order valence-corrected chi connectivity index (χ0v) is 9.89. The van der Waals surface area contributed by atoms with Gasteiger partial charge in [0, 0.05) is 11.6 Å². The molecule has 1 aromatic rings. The standard InChI is InChI=1S/C14H18O3/c15-13-9-16-14-8-11(6-7-12(13)14)17-10-4-2-1-3-5-10/h6-8,10,13,15H,1-5,9H2. The van der Waals surface area contributed by atoms with Crippen LogP contribution in [0.4, 0.5) is 0 Å². The number of hydrogen-bond acceptors (Lipinski definition) is 3. The number of benzene rings is 1. The van der Waals surface area contributed by atoms with Crippen LogP contribution in [-0.4, -0.2) is 17.8 Å². The van der Waals surface area contributed by atoms with Crippen molar-refractivity contribution in [3.05, 3.63) is 23.8 Å². The van der Waals surface area contributed by atoms with Crippen LogP contribution in [0.5, 0.6) is 11.5 Å². The lowest BCUT2D eigenvalue weighted by atomic mass is 9.98. The van der Waals surface area contributed by atoms with Crippen molar-refractivity contribution in [3.63, 3.8) is 0 Å². The molecule has 1 saturated carbocycles. The van der Waals surface area contributed by atoms with Crippen molar-refractivity contribution in [2.24, 2.45) is 0 Å². The summed E-state index contributed by atoms with van der Waals surface area (Å²) in [6.07, 6.45) is 6.05. The second-order valence-electron chi connectivity index (χ2n) is 4.90. The van der Waals surface area contributed by atoms with Gasteiger partial charge in [0.2, 0.25) is 0 Å². The Morgan fingerprint density at radius 3 is 2.82 bits per heavy atom. The molecule has 0 bridgehead atoms. The van der Waals surface area contributed by atoms with Crippen molar-refractivity contribution in [1.29, 1.82) is 0 Å². The van der Waals surface area contributed by atoms with E-state index in [2.05, 4.69) is 0 Å². The number of aliphatic hydroxyl groups excluding tert-OH is 1. The third-order valence-corrected chi connectivity index (χ3v) is 3.60. The van der Waals surface area contributed by atoms with Gasteiger partial charge in [-0.2, -0.15) is 0 Å². The number of hydrogen-bond donors (Lipinski definition) is 1. The molecule has 0 aromatic heterocycles. The van der Waals surface area contributed by atoms with Gasteiger partial charge < -0.3 is 14.6 Å². The molecule has 0 saturated heterocycles. The van der Waals surface area contributed by atoms with E-state index in [1.807, 2.05) is 18.2 Å². The maximum absolute atomic E-state index is 9.63. The molecule has 1 N–H and O–H groups in total. The summed E-state index contributed by atoms with van der Waals surface area (Å²) in [4.78, 5) is 0. The monoisotopic (exact) mass is 234 g/mol. The predicted octanol–water partition coefficient (Wildman–Crippen LogP) is 2.82. The third kappa shape index (κ3) is 2.25. The molecule has 2 aliphatic rings. The van der Waals surface area contributed by atoms with Gasteiger partial charge in [-0.25, -0.2) is 0 Å². The molecule has 92 valence electrons. The average Bonchev–Trinajstić information content (AvgIpc) is 2.72. The van der Waals surface area contributed by atoms with Crippen LogP contribution in [0.1, 0.15) is 43.8 Å². The Labute approximate surface area is 101 Å². The van der Waals surface area contributed by atoms with Gasteiger partial charge in [0.05, 0.1) is 6.10 Å². The van der Waals surface area contributed by atoms with Crippen molar-refractivity contribution in [2.45, 2.75) is 44.3 Å². The van der Waals surface area contributed by atoms with E-state index in [9.17, 15) is 5.11 Å². The Balaban J connectivity index is 1.71. The van der Waals surface area contributed by atoms with Crippen LogP contribution >= 0.6 is 0 Å². The normalized spacial score (nSPS) is 24.2. The van der Waals surface area contributed by atoms with Crippen molar-refractivity contribution in [3.8, 4) is 11.5 Å². The van der Waals surface area contributed by atoms with Gasteiger partial charge in [0.25, 0.3) is 0 Å². The van der Waals surface area contributed by atoms with Crippen molar-refractivity contribution >= 4 is 0 Å². The van der Waals surface area contributed by atoms with E-state index in [1.54, 1.807) is 0 Å². The minimum atomic E-state index is -0.478. The molecule has 3 heteroatoms. The highest BCUT2D eigenvalue weighted by Crippen LogP contribution is 2.36. The molecule has 0 spiro atoms. The molecule has 0 radical (unpaired) electrons. The molecule has 0 amide bonds. The summed E-state index contributed by atoms with van der Waals surface area (Å²) in [5, 5.41) is 9.63. The van der Waals surface area contributed by atoms with Crippen LogP contribution in [0, 0.1) is 0 Å². The first-order chi connectivity index (χ1) is 8.33. The third-order valence-electron chi connectivity index (χ3n) is 3.60. The van der Waals surface area contributed by atoms with Gasteiger partial charge in [-0.05, 0) is 37.8 Å². The maximum Gasteiger partial charge on any atom is 0.129 e. The Hall–Kier alpha value is -1.22. The molecule has 3 rings (SSSR count). The molecule has 1 aromatic carbocycles. The topological polar surface area (TPSA) is 38.7 Å². The fraction of sp³-hybridized carbons (Fsp3) is 0.571. The van der Waals surface area contributed by atoms with Crippen LogP contribution in [0.2, 0.25) is 0 Å². The van der Waals surface area contributed by atoms with Crippen LogP contribution in [0.15, 0.2) is 18.2 Å². The number of rotatable bonds is 2. The van der Waals surface area contributed by atoms with E-state index < -0.39 is 6.10 Å². The summed E-state index contributed by atoms with van der Waals surface area (Å²) in [5.74, 6) is 1.63. The molecule has 17 heavy (non-hydrogen) atoms. The minimum Gasteiger partial charge on any atom is -0.490 e. The summed E-state index contributed by atoms with van der Waals surface area (Å²) in [7, 11) is 0. The molecule has 1 fully saturated rings. The van der Waals surface area contributed by atoms with Crippen LogP contribution in [-0.2, 0) is 0 Å². The van der Waals surface area contributed by atoms with Crippen molar-refractivity contribution < 1.29 is 14.6 Å². The van der Waals surface area contributed by atoms with E-state index >= 15 is 0 Å². The lowest BCUT2D eigenvalue weighted by Gasteiger charge is -2.23. The Morgan fingerprint density at radius 1 is 1.18 bits per heavy atom. The highest BCUT2D eigenvalue weighted by atomic mass is 16.5. The summed E-state index contributed by atoms with van der Waals surface area (Å²) < 4.78 is 11.4. The van der Waals surface area contributed by atoms with Crippen molar-refractivity contribution in [1.82, 2.24) is 0 Å². The van der Waals surface area contributed by atoms with Gasteiger partial charge in [-0.1, -0.05) is 6.42 Å². The summed E-state index contributed by atoms with van der Waals surface area (Å²) in [5.41, 5.74) is 0.876. The van der Waals surface area contributed by atoms with E-state index in [1.165, 1.54) is 19.3 Å². The first-order valence-electron chi connectivity index (χ1n) is 6.44. The summed E-state index contributed by atoms with van der Waals surface area (Å²) >= 11 is 0. The van der Waals surface area contributed by atoms with E-state index in [-0.39, 0.29) is 0 Å². The molecule has 3 nitrogen and oxygen atoms in total. The second-order valence-corrected chi connectivity index (χ2v) is 4.90. The van der Waals surface area contributed by atoms with Crippen molar-refractivity contribution in [2.75, 3.05) is 6.61 Å². The van der Waals surface area contributed by atoms with Crippen LogP contribution < -0.4 is 9.47 Å². The van der Waals surface area contributed by atoms with Gasteiger partial charge in [-0.15, -0.1) is 0 Å². The molecule has 1 atom stereocenters. The fourth-order valence-corrected chi connectivity index (χ4v) is 2.62. The van der Waals surface area contributed by atoms with Gasteiger partial charge in [0.1, 0.15) is 24.2 Å². The maximum atomic E-state index is 9.63. The molecular weight excluding hydrogens is 216 g/mol. The van der Waals surface area contributed by atoms with Crippen LogP contribution in [0.25, 0.3) is 0 Å². The highest BCUT2D eigenvalue weighted by molar-refractivity contribution is 5.44. The fourth-order valence-electron chi connectivity index (χ4n) is 2.62. The molecule has 1 aliphatic carbocycles. The number of aliphatic hydroxyl groups is 1. The zero-order valence-electron chi connectivity index (χ0n) is 9.89. The zero-order chi connectivity index (χ0) is 11.7. The molecule has 1 aliphatic heterocycles. The average molecular weight is 234 g/mol. The lowest BCUT2D eigenvalue weighted by molar-refractivity contribution is 0.140. The van der Waals surface area contributed by atoms with Gasteiger partial charge in [-0.3, -0.25) is 0 Å². The Morgan fingerprint density at radius 2 is 2.00 bits per heavy atom. The molecular formula is C14H18O3.